The van der Waals surface area contributed by atoms with Crippen LogP contribution in [-0.2, 0) is 32.7 Å². The number of rotatable bonds is 41. The molecule has 0 spiro atoms. The van der Waals surface area contributed by atoms with Crippen molar-refractivity contribution in [3.63, 3.8) is 0 Å². The number of carbonyl (C=O) groups is 2. The van der Waals surface area contributed by atoms with Gasteiger partial charge in [-0.2, -0.15) is 0 Å². The van der Waals surface area contributed by atoms with Crippen LogP contribution in [0.15, 0.2) is 24.3 Å². The fraction of sp³-hybridized carbons (Fsp3) is 0.875. The summed E-state index contributed by atoms with van der Waals surface area (Å²) in [4.78, 5) is 35.8. The second-order valence-corrected chi connectivity index (χ2v) is 18.7. The van der Waals surface area contributed by atoms with Gasteiger partial charge in [0.15, 0.2) is 6.10 Å². The quantitative estimate of drug-likeness (QED) is 0.0146. The fourth-order valence-corrected chi connectivity index (χ4v) is 8.53. The minimum absolute atomic E-state index is 0.0906. The number of phosphoric acid groups is 1. The number of esters is 2. The van der Waals surface area contributed by atoms with E-state index in [1.54, 1.807) is 0 Å². The lowest BCUT2D eigenvalue weighted by atomic mass is 9.85. The van der Waals surface area contributed by atoms with Gasteiger partial charge in [0.1, 0.15) is 43.2 Å². The van der Waals surface area contributed by atoms with Crippen LogP contribution >= 0.6 is 7.82 Å². The first-order valence-electron chi connectivity index (χ1n) is 24.6. The third-order valence-electron chi connectivity index (χ3n) is 11.5. The highest BCUT2D eigenvalue weighted by Crippen LogP contribution is 2.47. The third-order valence-corrected chi connectivity index (χ3v) is 12.5. The van der Waals surface area contributed by atoms with E-state index < -0.39 is 75.7 Å². The number of aliphatic hydroxyl groups excluding tert-OH is 5. The summed E-state index contributed by atoms with van der Waals surface area (Å²) in [6.45, 7) is 3.29. The predicted molar refractivity (Wildman–Crippen MR) is 244 cm³/mol. The van der Waals surface area contributed by atoms with E-state index in [4.69, 9.17) is 18.5 Å². The summed E-state index contributed by atoms with van der Waals surface area (Å²) >= 11 is 0. The van der Waals surface area contributed by atoms with E-state index in [1.165, 1.54) is 96.3 Å². The Bertz CT molecular complexity index is 1180. The highest BCUT2D eigenvalue weighted by molar-refractivity contribution is 7.47. The van der Waals surface area contributed by atoms with Crippen molar-refractivity contribution in [1.82, 2.24) is 0 Å². The predicted octanol–water partition coefficient (Wildman–Crippen LogP) is 10.0. The molecular formula is C48H89O13P. The Hall–Kier alpha value is -1.67. The van der Waals surface area contributed by atoms with Crippen molar-refractivity contribution in [3.8, 4) is 0 Å². The molecule has 364 valence electrons. The molecule has 0 saturated heterocycles. The molecule has 0 amide bonds. The maximum absolute atomic E-state index is 12.8. The van der Waals surface area contributed by atoms with Gasteiger partial charge in [-0.05, 0) is 44.9 Å². The second kappa shape index (κ2) is 38.6. The number of hydrogen-bond acceptors (Lipinski definition) is 12. The van der Waals surface area contributed by atoms with Crippen molar-refractivity contribution in [3.05, 3.63) is 24.3 Å². The Morgan fingerprint density at radius 3 is 1.34 bits per heavy atom. The van der Waals surface area contributed by atoms with Gasteiger partial charge >= 0.3 is 19.8 Å². The van der Waals surface area contributed by atoms with Crippen molar-refractivity contribution < 1.29 is 63.1 Å². The third kappa shape index (κ3) is 30.5. The molecule has 1 rings (SSSR count). The molecule has 0 heterocycles. The summed E-state index contributed by atoms with van der Waals surface area (Å²) in [6, 6.07) is 0. The molecule has 6 N–H and O–H groups in total. The highest BCUT2D eigenvalue weighted by atomic mass is 31.2. The maximum Gasteiger partial charge on any atom is 0.472 e. The summed E-state index contributed by atoms with van der Waals surface area (Å²) in [6.07, 6.45) is 29.3. The minimum atomic E-state index is -5.12. The zero-order valence-electron chi connectivity index (χ0n) is 38.7. The van der Waals surface area contributed by atoms with Gasteiger partial charge in [-0.15, -0.1) is 0 Å². The largest absolute Gasteiger partial charge is 0.472 e. The summed E-state index contributed by atoms with van der Waals surface area (Å²) in [7, 11) is -5.12. The molecule has 0 aromatic carbocycles. The lowest BCUT2D eigenvalue weighted by Gasteiger charge is -2.41. The molecule has 0 aliphatic heterocycles. The molecule has 1 aliphatic carbocycles. The summed E-state index contributed by atoms with van der Waals surface area (Å²) in [5, 5.41) is 50.2. The lowest BCUT2D eigenvalue weighted by Crippen LogP contribution is -2.64. The number of aliphatic hydroxyl groups is 5. The summed E-state index contributed by atoms with van der Waals surface area (Å²) in [5.41, 5.74) is 0. The number of carbonyl (C=O) groups excluding carboxylic acids is 2. The van der Waals surface area contributed by atoms with Crippen LogP contribution in [-0.4, -0.2) is 98.3 Å². The Morgan fingerprint density at radius 1 is 0.500 bits per heavy atom. The highest BCUT2D eigenvalue weighted by Gasteiger charge is 2.51. The number of unbranched alkanes of at least 4 members (excludes halogenated alkanes) is 25. The molecule has 1 saturated carbocycles. The SMILES string of the molecule is CCCCC/C=C/C/C=C/CCCCCCCCCC(=O)O[C@@H](COC(=O)CCCCCCCCCCCCCCCCCC)COP(=O)(O)OC1C(O)C(O)C(O)[C@H](O)C1O. The van der Waals surface area contributed by atoms with Crippen LogP contribution in [0.5, 0.6) is 0 Å². The van der Waals surface area contributed by atoms with Gasteiger partial charge in [0, 0.05) is 12.8 Å². The first-order chi connectivity index (χ1) is 29.9. The first-order valence-corrected chi connectivity index (χ1v) is 26.1. The zero-order valence-corrected chi connectivity index (χ0v) is 39.6. The fourth-order valence-electron chi connectivity index (χ4n) is 7.55. The van der Waals surface area contributed by atoms with E-state index in [0.717, 1.165) is 77.0 Å². The number of hydrogen-bond donors (Lipinski definition) is 6. The lowest BCUT2D eigenvalue weighted by molar-refractivity contribution is -0.220. The molecule has 1 aliphatic rings. The van der Waals surface area contributed by atoms with E-state index in [2.05, 4.69) is 38.2 Å². The summed E-state index contributed by atoms with van der Waals surface area (Å²) in [5.74, 6) is -1.10. The molecule has 14 heteroatoms. The van der Waals surface area contributed by atoms with Crippen LogP contribution in [0.2, 0.25) is 0 Å². The molecule has 0 bridgehead atoms. The van der Waals surface area contributed by atoms with Crippen molar-refractivity contribution in [2.75, 3.05) is 13.2 Å². The van der Waals surface area contributed by atoms with Crippen molar-refractivity contribution >= 4 is 19.8 Å². The topological polar surface area (TPSA) is 210 Å². The Morgan fingerprint density at radius 2 is 0.871 bits per heavy atom. The van der Waals surface area contributed by atoms with Crippen molar-refractivity contribution in [2.24, 2.45) is 0 Å². The van der Waals surface area contributed by atoms with Crippen LogP contribution in [0.3, 0.4) is 0 Å². The van der Waals surface area contributed by atoms with Crippen LogP contribution < -0.4 is 0 Å². The van der Waals surface area contributed by atoms with Crippen LogP contribution in [0.1, 0.15) is 213 Å². The molecule has 62 heavy (non-hydrogen) atoms. The Labute approximate surface area is 375 Å². The van der Waals surface area contributed by atoms with E-state index in [0.29, 0.717) is 12.8 Å². The van der Waals surface area contributed by atoms with Crippen LogP contribution in [0.25, 0.3) is 0 Å². The van der Waals surface area contributed by atoms with Crippen molar-refractivity contribution in [2.45, 2.75) is 256 Å². The molecule has 1 fully saturated rings. The molecule has 0 aromatic rings. The smallest absolute Gasteiger partial charge is 0.462 e. The number of allylic oxidation sites excluding steroid dienone is 4. The Kier molecular flexibility index (Phi) is 36.3. The van der Waals surface area contributed by atoms with Gasteiger partial charge in [-0.1, -0.05) is 179 Å². The van der Waals surface area contributed by atoms with Gasteiger partial charge in [0.25, 0.3) is 0 Å². The Balaban J connectivity index is 2.43. The van der Waals surface area contributed by atoms with Gasteiger partial charge in [0.2, 0.25) is 0 Å². The van der Waals surface area contributed by atoms with E-state index in [1.807, 2.05) is 0 Å². The first kappa shape index (κ1) is 58.3. The molecule has 0 aromatic heterocycles. The van der Waals surface area contributed by atoms with Gasteiger partial charge in [0.05, 0.1) is 6.61 Å². The molecular weight excluding hydrogens is 815 g/mol. The normalized spacial score (nSPS) is 22.0. The average Bonchev–Trinajstić information content (AvgIpc) is 3.25. The van der Waals surface area contributed by atoms with E-state index >= 15 is 0 Å². The van der Waals surface area contributed by atoms with Gasteiger partial charge < -0.3 is 39.9 Å². The zero-order chi connectivity index (χ0) is 45.7. The van der Waals surface area contributed by atoms with E-state index in [9.17, 15) is 44.6 Å². The minimum Gasteiger partial charge on any atom is -0.462 e. The van der Waals surface area contributed by atoms with E-state index in [-0.39, 0.29) is 12.8 Å². The van der Waals surface area contributed by atoms with Gasteiger partial charge in [-0.3, -0.25) is 18.6 Å². The van der Waals surface area contributed by atoms with Gasteiger partial charge in [-0.25, -0.2) is 4.57 Å². The van der Waals surface area contributed by atoms with Crippen LogP contribution in [0.4, 0.5) is 0 Å². The number of ether oxygens (including phenoxy) is 2. The standard InChI is InChI=1S/C48H89O13P/c1-3-5-7-9-11-13-15-17-19-21-23-25-27-29-31-33-35-37-42(50)60-40(39-59-62(56,57)61-48-46(54)44(52)43(51)45(53)47(48)55)38-58-41(49)36-34-32-30-28-26-24-22-20-18-16-14-12-10-8-6-4-2/h11,13,17,19,40,43-48,51-55H,3-10,12,14-16,18,20-39H2,1-2H3,(H,56,57)/b13-11+,19-17+/t40-,43?,44-,45?,46?,47?,48?/m0/s1. The molecule has 0 radical (unpaired) electrons. The molecule has 8 atom stereocenters. The number of phosphoric ester groups is 1. The average molecular weight is 905 g/mol. The monoisotopic (exact) mass is 905 g/mol. The van der Waals surface area contributed by atoms with Crippen LogP contribution in [0, 0.1) is 0 Å². The molecule has 13 nitrogen and oxygen atoms in total. The summed E-state index contributed by atoms with van der Waals surface area (Å²) < 4.78 is 33.6. The van der Waals surface area contributed by atoms with Crippen molar-refractivity contribution in [1.29, 1.82) is 0 Å². The second-order valence-electron chi connectivity index (χ2n) is 17.3. The maximum atomic E-state index is 12.8. The molecule has 6 unspecified atom stereocenters.